The number of esters is 1. The summed E-state index contributed by atoms with van der Waals surface area (Å²) >= 11 is 0. The van der Waals surface area contributed by atoms with Gasteiger partial charge in [0.15, 0.2) is 0 Å². The third kappa shape index (κ3) is 3.05. The standard InChI is InChI=1S/C15H15FN2O3/c1-20-9-6-7-11(16)13(8-9)18-12-5-3-4-10(14(12)17)15(19)21-2/h3-8,18H,17H2,1-2H3. The first-order chi connectivity index (χ1) is 10.1. The maximum Gasteiger partial charge on any atom is 0.340 e. The van der Waals surface area contributed by atoms with E-state index in [2.05, 4.69) is 10.1 Å². The zero-order valence-corrected chi connectivity index (χ0v) is 11.6. The largest absolute Gasteiger partial charge is 0.497 e. The number of halogens is 1. The number of carbonyl (C=O) groups is 1. The van der Waals surface area contributed by atoms with Gasteiger partial charge in [0.05, 0.1) is 36.8 Å². The van der Waals surface area contributed by atoms with Gasteiger partial charge in [0.25, 0.3) is 0 Å². The molecule has 2 aromatic carbocycles. The van der Waals surface area contributed by atoms with Gasteiger partial charge in [0.1, 0.15) is 11.6 Å². The smallest absolute Gasteiger partial charge is 0.340 e. The van der Waals surface area contributed by atoms with E-state index in [4.69, 9.17) is 10.5 Å². The van der Waals surface area contributed by atoms with Crippen molar-refractivity contribution in [3.8, 4) is 5.75 Å². The SMILES string of the molecule is COC(=O)c1cccc(Nc2cc(OC)ccc2F)c1N. The fourth-order valence-corrected chi connectivity index (χ4v) is 1.83. The Labute approximate surface area is 121 Å². The zero-order valence-electron chi connectivity index (χ0n) is 11.6. The number of hydrogen-bond donors (Lipinski definition) is 2. The van der Waals surface area contributed by atoms with Crippen LogP contribution < -0.4 is 15.8 Å². The Morgan fingerprint density at radius 2 is 1.95 bits per heavy atom. The Morgan fingerprint density at radius 1 is 1.19 bits per heavy atom. The van der Waals surface area contributed by atoms with E-state index >= 15 is 0 Å². The van der Waals surface area contributed by atoms with Crippen LogP contribution >= 0.6 is 0 Å². The molecule has 0 unspecified atom stereocenters. The lowest BCUT2D eigenvalue weighted by Crippen LogP contribution is -2.08. The third-order valence-corrected chi connectivity index (χ3v) is 2.95. The number of anilines is 3. The van der Waals surface area contributed by atoms with Crippen LogP contribution in [0, 0.1) is 5.82 Å². The molecule has 0 saturated heterocycles. The highest BCUT2D eigenvalue weighted by atomic mass is 19.1. The van der Waals surface area contributed by atoms with E-state index < -0.39 is 11.8 Å². The summed E-state index contributed by atoms with van der Waals surface area (Å²) < 4.78 is 23.5. The number of carbonyl (C=O) groups excluding carboxylic acids is 1. The molecular formula is C15H15FN2O3. The number of nitrogen functional groups attached to an aromatic ring is 1. The van der Waals surface area contributed by atoms with Crippen molar-refractivity contribution < 1.29 is 18.7 Å². The lowest BCUT2D eigenvalue weighted by molar-refractivity contribution is 0.0602. The lowest BCUT2D eigenvalue weighted by Gasteiger charge is -2.13. The van der Waals surface area contributed by atoms with Gasteiger partial charge in [0.2, 0.25) is 0 Å². The number of nitrogens with two attached hydrogens (primary N) is 1. The summed E-state index contributed by atoms with van der Waals surface area (Å²) in [6, 6.07) is 9.09. The molecule has 5 nitrogen and oxygen atoms in total. The first kappa shape index (κ1) is 14.6. The van der Waals surface area contributed by atoms with E-state index in [1.54, 1.807) is 12.1 Å². The second-order valence-electron chi connectivity index (χ2n) is 4.23. The number of hydrogen-bond acceptors (Lipinski definition) is 5. The fraction of sp³-hybridized carbons (Fsp3) is 0.133. The maximum atomic E-state index is 13.8. The van der Waals surface area contributed by atoms with Crippen LogP contribution in [-0.4, -0.2) is 20.2 Å². The van der Waals surface area contributed by atoms with Gasteiger partial charge in [0, 0.05) is 6.07 Å². The van der Waals surface area contributed by atoms with E-state index in [9.17, 15) is 9.18 Å². The summed E-state index contributed by atoms with van der Waals surface area (Å²) in [6.07, 6.45) is 0. The zero-order chi connectivity index (χ0) is 15.4. The van der Waals surface area contributed by atoms with Crippen molar-refractivity contribution in [2.75, 3.05) is 25.3 Å². The molecule has 3 N–H and O–H groups in total. The van der Waals surface area contributed by atoms with Crippen molar-refractivity contribution >= 4 is 23.0 Å². The first-order valence-corrected chi connectivity index (χ1v) is 6.14. The Bertz CT molecular complexity index is 674. The Kier molecular flexibility index (Phi) is 4.27. The molecule has 0 aliphatic carbocycles. The molecule has 2 aromatic rings. The summed E-state index contributed by atoms with van der Waals surface area (Å²) in [7, 11) is 2.76. The first-order valence-electron chi connectivity index (χ1n) is 6.14. The average Bonchev–Trinajstić information content (AvgIpc) is 2.50. The fourth-order valence-electron chi connectivity index (χ4n) is 1.83. The highest BCUT2D eigenvalue weighted by Crippen LogP contribution is 2.29. The van der Waals surface area contributed by atoms with Gasteiger partial charge in [-0.2, -0.15) is 0 Å². The second-order valence-corrected chi connectivity index (χ2v) is 4.23. The molecule has 0 spiro atoms. The molecule has 21 heavy (non-hydrogen) atoms. The van der Waals surface area contributed by atoms with Crippen LogP contribution in [0.2, 0.25) is 0 Å². The van der Waals surface area contributed by atoms with Gasteiger partial charge >= 0.3 is 5.97 Å². The molecule has 2 rings (SSSR count). The normalized spacial score (nSPS) is 10.0. The van der Waals surface area contributed by atoms with E-state index in [0.717, 1.165) is 0 Å². The number of ether oxygens (including phenoxy) is 2. The molecule has 6 heteroatoms. The van der Waals surface area contributed by atoms with E-state index in [-0.39, 0.29) is 16.9 Å². The van der Waals surface area contributed by atoms with Gasteiger partial charge in [-0.3, -0.25) is 0 Å². The molecule has 0 bridgehead atoms. The van der Waals surface area contributed by atoms with Crippen LogP contribution in [0.15, 0.2) is 36.4 Å². The Morgan fingerprint density at radius 3 is 2.62 bits per heavy atom. The molecule has 0 aliphatic rings. The van der Waals surface area contributed by atoms with Crippen LogP contribution in [0.5, 0.6) is 5.75 Å². The minimum absolute atomic E-state index is 0.187. The molecule has 0 aliphatic heterocycles. The van der Waals surface area contributed by atoms with Gasteiger partial charge in [-0.25, -0.2) is 9.18 Å². The number of methoxy groups -OCH3 is 2. The topological polar surface area (TPSA) is 73.6 Å². The molecule has 0 radical (unpaired) electrons. The van der Waals surface area contributed by atoms with E-state index in [1.165, 1.54) is 38.5 Å². The second kappa shape index (κ2) is 6.13. The minimum atomic E-state index is -0.553. The summed E-state index contributed by atoms with van der Waals surface area (Å²) in [6.45, 7) is 0. The summed E-state index contributed by atoms with van der Waals surface area (Å²) in [4.78, 5) is 11.6. The monoisotopic (exact) mass is 290 g/mol. The highest BCUT2D eigenvalue weighted by Gasteiger charge is 2.14. The van der Waals surface area contributed by atoms with Crippen molar-refractivity contribution in [2.24, 2.45) is 0 Å². The van der Waals surface area contributed by atoms with Gasteiger partial charge in [-0.1, -0.05) is 6.07 Å². The average molecular weight is 290 g/mol. The van der Waals surface area contributed by atoms with Crippen LogP contribution in [0.1, 0.15) is 10.4 Å². The van der Waals surface area contributed by atoms with Gasteiger partial charge < -0.3 is 20.5 Å². The van der Waals surface area contributed by atoms with Crippen LogP contribution in [-0.2, 0) is 4.74 Å². The van der Waals surface area contributed by atoms with Crippen LogP contribution in [0.4, 0.5) is 21.5 Å². The number of nitrogens with one attached hydrogen (secondary N) is 1. The number of benzene rings is 2. The lowest BCUT2D eigenvalue weighted by atomic mass is 10.1. The molecule has 110 valence electrons. The Balaban J connectivity index is 2.38. The summed E-state index contributed by atoms with van der Waals surface area (Å²) in [5.41, 5.74) is 6.92. The molecule has 0 saturated carbocycles. The Hall–Kier alpha value is -2.76. The highest BCUT2D eigenvalue weighted by molar-refractivity contribution is 5.98. The molecular weight excluding hydrogens is 275 g/mol. The molecule has 0 fully saturated rings. The van der Waals surface area contributed by atoms with Crippen molar-refractivity contribution in [3.63, 3.8) is 0 Å². The van der Waals surface area contributed by atoms with Crippen LogP contribution in [0.3, 0.4) is 0 Å². The molecule has 0 heterocycles. The molecule has 0 atom stereocenters. The van der Waals surface area contributed by atoms with Crippen molar-refractivity contribution in [3.05, 3.63) is 47.8 Å². The van der Waals surface area contributed by atoms with E-state index in [0.29, 0.717) is 11.4 Å². The van der Waals surface area contributed by atoms with Crippen LogP contribution in [0.25, 0.3) is 0 Å². The third-order valence-electron chi connectivity index (χ3n) is 2.95. The van der Waals surface area contributed by atoms with Crippen molar-refractivity contribution in [1.82, 2.24) is 0 Å². The van der Waals surface area contributed by atoms with Crippen molar-refractivity contribution in [2.45, 2.75) is 0 Å². The molecule has 0 aromatic heterocycles. The predicted molar refractivity (Wildman–Crippen MR) is 78.4 cm³/mol. The molecule has 0 amide bonds. The quantitative estimate of drug-likeness (QED) is 0.669. The minimum Gasteiger partial charge on any atom is -0.497 e. The summed E-state index contributed by atoms with van der Waals surface area (Å²) in [5, 5.41) is 2.85. The van der Waals surface area contributed by atoms with Gasteiger partial charge in [-0.05, 0) is 24.3 Å². The summed E-state index contributed by atoms with van der Waals surface area (Å²) in [5.74, 6) is -0.512. The maximum absolute atomic E-state index is 13.8. The number of para-hydroxylation sites is 1. The number of rotatable bonds is 4. The predicted octanol–water partition coefficient (Wildman–Crippen LogP) is 2.95. The van der Waals surface area contributed by atoms with E-state index in [1.807, 2.05) is 0 Å². The van der Waals surface area contributed by atoms with Gasteiger partial charge in [-0.15, -0.1) is 0 Å². The van der Waals surface area contributed by atoms with Crippen molar-refractivity contribution in [1.29, 1.82) is 0 Å².